The van der Waals surface area contributed by atoms with Gasteiger partial charge in [-0.2, -0.15) is 5.11 Å². The molecule has 0 bridgehead atoms. The lowest BCUT2D eigenvalue weighted by molar-refractivity contribution is 0.0933. The van der Waals surface area contributed by atoms with Crippen molar-refractivity contribution in [1.82, 2.24) is 9.55 Å². The quantitative estimate of drug-likeness (QED) is 0.748. The summed E-state index contributed by atoms with van der Waals surface area (Å²) in [6, 6.07) is 10.9. The third kappa shape index (κ3) is 2.46. The molecule has 1 N–H and O–H groups in total. The van der Waals surface area contributed by atoms with Crippen molar-refractivity contribution in [2.75, 3.05) is 0 Å². The monoisotopic (exact) mass is 294 g/mol. The Morgan fingerprint density at radius 3 is 2.68 bits per heavy atom. The van der Waals surface area contributed by atoms with Crippen LogP contribution in [0.1, 0.15) is 17.3 Å². The summed E-state index contributed by atoms with van der Waals surface area (Å²) in [5, 5.41) is 19.2. The van der Waals surface area contributed by atoms with Crippen molar-refractivity contribution in [2.24, 2.45) is 10.2 Å². The number of nitrogens with zero attached hydrogens (tertiary/aromatic N) is 4. The molecule has 0 unspecified atom stereocenters. The second kappa shape index (κ2) is 5.77. The average molecular weight is 294 g/mol. The fourth-order valence-electron chi connectivity index (χ4n) is 2.30. The van der Waals surface area contributed by atoms with Crippen LogP contribution in [-0.4, -0.2) is 20.6 Å². The Hall–Kier alpha value is -3.02. The number of aromatic nitrogens is 2. The molecule has 0 amide bonds. The van der Waals surface area contributed by atoms with E-state index in [0.29, 0.717) is 23.1 Å². The summed E-state index contributed by atoms with van der Waals surface area (Å²) in [4.78, 5) is 15.6. The molecule has 0 aliphatic heterocycles. The molecule has 0 saturated heterocycles. The number of carbonyl (C=O) groups is 1. The largest absolute Gasteiger partial charge is 0.493 e. The predicted octanol–water partition coefficient (Wildman–Crippen LogP) is 3.69. The highest BCUT2D eigenvalue weighted by molar-refractivity contribution is 6.01. The number of azo groups is 1. The lowest BCUT2D eigenvalue weighted by atomic mass is 10.2. The van der Waals surface area contributed by atoms with E-state index < -0.39 is 0 Å². The van der Waals surface area contributed by atoms with Crippen LogP contribution in [0.25, 0.3) is 10.9 Å². The van der Waals surface area contributed by atoms with Crippen molar-refractivity contribution >= 4 is 22.5 Å². The minimum atomic E-state index is -0.274. The minimum Gasteiger partial charge on any atom is -0.493 e. The number of fused-ring (bicyclic) bond motifs is 1. The van der Waals surface area contributed by atoms with Crippen molar-refractivity contribution in [3.8, 4) is 5.88 Å². The van der Waals surface area contributed by atoms with Crippen LogP contribution in [0.4, 0.5) is 5.69 Å². The third-order valence-electron chi connectivity index (χ3n) is 3.31. The molecule has 0 radical (unpaired) electrons. The summed E-state index contributed by atoms with van der Waals surface area (Å²) in [7, 11) is 0. The maximum Gasteiger partial charge on any atom is 0.230 e. The molecule has 110 valence electrons. The smallest absolute Gasteiger partial charge is 0.230 e. The summed E-state index contributed by atoms with van der Waals surface area (Å²) >= 11 is 0. The second-order valence-corrected chi connectivity index (χ2v) is 4.80. The molecule has 3 aromatic rings. The lowest BCUT2D eigenvalue weighted by Crippen LogP contribution is -2.03. The Morgan fingerprint density at radius 2 is 1.95 bits per heavy atom. The molecule has 2 heterocycles. The molecule has 0 aliphatic carbocycles. The van der Waals surface area contributed by atoms with Gasteiger partial charge in [0, 0.05) is 24.7 Å². The van der Waals surface area contributed by atoms with Crippen LogP contribution >= 0.6 is 0 Å². The molecule has 0 saturated carbocycles. The highest BCUT2D eigenvalue weighted by atomic mass is 16.3. The molecular weight excluding hydrogens is 280 g/mol. The van der Waals surface area contributed by atoms with E-state index in [0.717, 1.165) is 5.56 Å². The fraction of sp³-hybridized carbons (Fsp3) is 0.125. The number of hydrogen-bond donors (Lipinski definition) is 1. The maximum absolute atomic E-state index is 11.7. The van der Waals surface area contributed by atoms with Crippen LogP contribution in [0.5, 0.6) is 5.88 Å². The van der Waals surface area contributed by atoms with Gasteiger partial charge in [0.05, 0.1) is 12.1 Å². The van der Waals surface area contributed by atoms with Gasteiger partial charge in [-0.15, -0.1) is 5.11 Å². The zero-order valence-corrected chi connectivity index (χ0v) is 12.0. The summed E-state index contributed by atoms with van der Waals surface area (Å²) in [6.07, 6.45) is 3.37. The Labute approximate surface area is 126 Å². The first-order chi connectivity index (χ1) is 10.7. The van der Waals surface area contributed by atoms with Crippen LogP contribution in [-0.2, 0) is 6.54 Å². The highest BCUT2D eigenvalue weighted by Gasteiger charge is 2.18. The molecule has 6 heteroatoms. The van der Waals surface area contributed by atoms with Gasteiger partial charge in [0.1, 0.15) is 0 Å². The van der Waals surface area contributed by atoms with Gasteiger partial charge in [0.15, 0.2) is 5.69 Å². The van der Waals surface area contributed by atoms with Crippen LogP contribution in [0.15, 0.2) is 59.0 Å². The van der Waals surface area contributed by atoms with Gasteiger partial charge in [0.2, 0.25) is 11.8 Å². The number of hydrogen-bond acceptors (Lipinski definition) is 5. The summed E-state index contributed by atoms with van der Waals surface area (Å²) in [5.41, 5.74) is 1.89. The van der Waals surface area contributed by atoms with Gasteiger partial charge in [-0.1, -0.05) is 18.2 Å². The Balaban J connectivity index is 2.00. The fourth-order valence-corrected chi connectivity index (χ4v) is 2.30. The molecule has 2 aromatic heterocycles. The zero-order valence-electron chi connectivity index (χ0n) is 12.0. The van der Waals surface area contributed by atoms with Crippen LogP contribution in [0.2, 0.25) is 0 Å². The molecular formula is C16H14N4O2. The van der Waals surface area contributed by atoms with Crippen molar-refractivity contribution in [3.05, 3.63) is 54.4 Å². The van der Waals surface area contributed by atoms with Gasteiger partial charge in [-0.25, -0.2) is 4.57 Å². The topological polar surface area (TPSA) is 79.8 Å². The van der Waals surface area contributed by atoms with Gasteiger partial charge >= 0.3 is 0 Å². The Morgan fingerprint density at radius 1 is 1.23 bits per heavy atom. The van der Waals surface area contributed by atoms with E-state index in [2.05, 4.69) is 15.2 Å². The van der Waals surface area contributed by atoms with Crippen molar-refractivity contribution in [3.63, 3.8) is 0 Å². The van der Waals surface area contributed by atoms with E-state index in [1.165, 1.54) is 11.5 Å². The normalized spacial score (nSPS) is 11.3. The average Bonchev–Trinajstić information content (AvgIpc) is 2.81. The molecule has 22 heavy (non-hydrogen) atoms. The number of aromatic hydroxyl groups is 1. The number of benzene rings is 1. The van der Waals surface area contributed by atoms with E-state index in [9.17, 15) is 9.90 Å². The number of para-hydroxylation sites is 1. The van der Waals surface area contributed by atoms with E-state index in [-0.39, 0.29) is 11.8 Å². The lowest BCUT2D eigenvalue weighted by Gasteiger charge is -1.99. The second-order valence-electron chi connectivity index (χ2n) is 4.80. The molecule has 0 fully saturated rings. The van der Waals surface area contributed by atoms with E-state index >= 15 is 0 Å². The molecule has 0 spiro atoms. The summed E-state index contributed by atoms with van der Waals surface area (Å²) in [5.74, 6) is -0.462. The number of rotatable bonds is 3. The molecule has 3 rings (SSSR count). The van der Waals surface area contributed by atoms with Crippen LogP contribution in [0.3, 0.4) is 0 Å². The van der Waals surface area contributed by atoms with E-state index in [4.69, 9.17) is 0 Å². The first kappa shape index (κ1) is 13.9. The van der Waals surface area contributed by atoms with Gasteiger partial charge in [0.25, 0.3) is 0 Å². The standard InChI is InChI=1S/C16H14N4O2/c1-11(21)20-14-5-3-2-4-13(14)15(16(20)22)19-18-10-12-6-8-17-9-7-12/h2-9,22H,10H2,1H3. The van der Waals surface area contributed by atoms with Crippen molar-refractivity contribution in [2.45, 2.75) is 13.5 Å². The number of pyridine rings is 1. The van der Waals surface area contributed by atoms with E-state index in [1.54, 1.807) is 30.6 Å². The first-order valence-electron chi connectivity index (χ1n) is 6.78. The molecule has 0 atom stereocenters. The third-order valence-corrected chi connectivity index (χ3v) is 3.31. The molecule has 1 aromatic carbocycles. The van der Waals surface area contributed by atoms with Gasteiger partial charge in [-0.3, -0.25) is 9.78 Å². The van der Waals surface area contributed by atoms with Gasteiger partial charge < -0.3 is 5.11 Å². The summed E-state index contributed by atoms with van der Waals surface area (Å²) < 4.78 is 1.23. The van der Waals surface area contributed by atoms with Crippen LogP contribution in [0, 0.1) is 0 Å². The molecule has 6 nitrogen and oxygen atoms in total. The SMILES string of the molecule is CC(=O)n1c(O)c(N=NCc2ccncc2)c2ccccc21. The molecule has 0 aliphatic rings. The summed E-state index contributed by atoms with van der Waals surface area (Å²) in [6.45, 7) is 1.77. The van der Waals surface area contributed by atoms with Crippen LogP contribution < -0.4 is 0 Å². The Bertz CT molecular complexity index is 853. The highest BCUT2D eigenvalue weighted by Crippen LogP contribution is 2.38. The minimum absolute atomic E-state index is 0.188. The maximum atomic E-state index is 11.7. The van der Waals surface area contributed by atoms with E-state index in [1.807, 2.05) is 18.2 Å². The van der Waals surface area contributed by atoms with Gasteiger partial charge in [-0.05, 0) is 23.8 Å². The first-order valence-corrected chi connectivity index (χ1v) is 6.78. The number of carbonyl (C=O) groups excluding carboxylic acids is 1. The van der Waals surface area contributed by atoms with Crippen molar-refractivity contribution in [1.29, 1.82) is 0 Å². The Kier molecular flexibility index (Phi) is 3.65. The van der Waals surface area contributed by atoms with Crippen molar-refractivity contribution < 1.29 is 9.90 Å². The zero-order chi connectivity index (χ0) is 15.5. The predicted molar refractivity (Wildman–Crippen MR) is 82.4 cm³/mol.